The lowest BCUT2D eigenvalue weighted by Gasteiger charge is -2.22. The fraction of sp³-hybridized carbons (Fsp3) is 1.00. The third-order valence-corrected chi connectivity index (χ3v) is 3.52. The van der Waals surface area contributed by atoms with Gasteiger partial charge in [0.05, 0.1) is 0 Å². The quantitative estimate of drug-likeness (QED) is 0.698. The van der Waals surface area contributed by atoms with E-state index in [-0.39, 0.29) is 0 Å². The summed E-state index contributed by atoms with van der Waals surface area (Å²) in [6.07, 6.45) is 4.13. The summed E-state index contributed by atoms with van der Waals surface area (Å²) in [6.45, 7) is 7.50. The topological polar surface area (TPSA) is 46.2 Å². The summed E-state index contributed by atoms with van der Waals surface area (Å²) >= 11 is 0. The Kier molecular flexibility index (Phi) is 7.18. The molecule has 1 atom stereocenters. The zero-order valence-corrected chi connectivity index (χ0v) is 11.2. The summed E-state index contributed by atoms with van der Waals surface area (Å²) in [6, 6.07) is 0.451. The van der Waals surface area contributed by atoms with Crippen LogP contribution in [0.2, 0.25) is 0 Å². The lowest BCUT2D eigenvalue weighted by atomic mass is 9.99. The van der Waals surface area contributed by atoms with Crippen molar-refractivity contribution in [3.63, 3.8) is 0 Å². The van der Waals surface area contributed by atoms with Crippen molar-refractivity contribution in [3.8, 4) is 0 Å². The molecule has 0 aliphatic heterocycles. The number of hydrogen-bond acceptors (Lipinski definition) is 3. The molecule has 0 aromatic rings. The van der Waals surface area contributed by atoms with Crippen LogP contribution >= 0.6 is 0 Å². The maximum absolute atomic E-state index is 11.0. The Balaban J connectivity index is 3.86. The molecule has 0 heterocycles. The molecule has 0 bridgehead atoms. The van der Waals surface area contributed by atoms with Gasteiger partial charge in [-0.15, -0.1) is 0 Å². The molecule has 3 nitrogen and oxygen atoms in total. The third kappa shape index (κ3) is 8.88. The van der Waals surface area contributed by atoms with Crippen molar-refractivity contribution in [3.05, 3.63) is 0 Å². The maximum atomic E-state index is 11.0. The second-order valence-corrected chi connectivity index (χ2v) is 6.84. The first-order chi connectivity index (χ1) is 6.87. The van der Waals surface area contributed by atoms with E-state index in [1.54, 1.807) is 0 Å². The van der Waals surface area contributed by atoms with Crippen LogP contribution in [-0.2, 0) is 9.84 Å². The summed E-state index contributed by atoms with van der Waals surface area (Å²) in [5, 5.41) is 3.46. The minimum Gasteiger partial charge on any atom is -0.314 e. The first-order valence-electron chi connectivity index (χ1n) is 5.78. The van der Waals surface area contributed by atoms with Gasteiger partial charge in [0.1, 0.15) is 9.84 Å². The van der Waals surface area contributed by atoms with E-state index in [0.29, 0.717) is 17.7 Å². The second kappa shape index (κ2) is 7.23. The van der Waals surface area contributed by atoms with Crippen LogP contribution in [-0.4, -0.2) is 33.0 Å². The van der Waals surface area contributed by atoms with Crippen molar-refractivity contribution in [1.82, 2.24) is 5.32 Å². The SMILES string of the molecule is CCCNC(CCCS(C)(=O)=O)C(C)C. The Labute approximate surface area is 94.6 Å². The number of nitrogens with one attached hydrogen (secondary N) is 1. The Morgan fingerprint density at radius 2 is 1.87 bits per heavy atom. The average molecular weight is 235 g/mol. The molecule has 0 saturated carbocycles. The molecule has 0 saturated heterocycles. The van der Waals surface area contributed by atoms with E-state index in [0.717, 1.165) is 25.8 Å². The number of sulfone groups is 1. The molecule has 1 N–H and O–H groups in total. The summed E-state index contributed by atoms with van der Waals surface area (Å²) < 4.78 is 22.0. The van der Waals surface area contributed by atoms with Crippen LogP contribution < -0.4 is 5.32 Å². The van der Waals surface area contributed by atoms with Gasteiger partial charge >= 0.3 is 0 Å². The molecule has 0 fully saturated rings. The molecule has 0 rings (SSSR count). The van der Waals surface area contributed by atoms with Gasteiger partial charge in [-0.2, -0.15) is 0 Å². The highest BCUT2D eigenvalue weighted by Gasteiger charge is 2.13. The van der Waals surface area contributed by atoms with E-state index in [2.05, 4.69) is 26.1 Å². The van der Waals surface area contributed by atoms with Crippen LogP contribution in [0.5, 0.6) is 0 Å². The van der Waals surface area contributed by atoms with Crippen molar-refractivity contribution in [2.24, 2.45) is 5.92 Å². The smallest absolute Gasteiger partial charge is 0.147 e. The Morgan fingerprint density at radius 3 is 2.27 bits per heavy atom. The van der Waals surface area contributed by atoms with E-state index >= 15 is 0 Å². The predicted octanol–water partition coefficient (Wildman–Crippen LogP) is 1.84. The van der Waals surface area contributed by atoms with E-state index in [1.165, 1.54) is 6.26 Å². The highest BCUT2D eigenvalue weighted by atomic mass is 32.2. The molecule has 4 heteroatoms. The highest BCUT2D eigenvalue weighted by Crippen LogP contribution is 2.09. The molecule has 0 aromatic carbocycles. The number of rotatable bonds is 8. The lowest BCUT2D eigenvalue weighted by Crippen LogP contribution is -2.34. The van der Waals surface area contributed by atoms with Gasteiger partial charge < -0.3 is 5.32 Å². The van der Waals surface area contributed by atoms with Crippen molar-refractivity contribution in [1.29, 1.82) is 0 Å². The van der Waals surface area contributed by atoms with Crippen molar-refractivity contribution < 1.29 is 8.42 Å². The molecule has 0 amide bonds. The summed E-state index contributed by atoms with van der Waals surface area (Å²) in [5.41, 5.74) is 0. The van der Waals surface area contributed by atoms with E-state index < -0.39 is 9.84 Å². The Hall–Kier alpha value is -0.0900. The van der Waals surface area contributed by atoms with Crippen LogP contribution in [0.1, 0.15) is 40.0 Å². The standard InChI is InChI=1S/C11H25NO2S/c1-5-8-12-11(10(2)3)7-6-9-15(4,13)14/h10-12H,5-9H2,1-4H3. The van der Waals surface area contributed by atoms with Gasteiger partial charge in [-0.1, -0.05) is 20.8 Å². The molecule has 1 unspecified atom stereocenters. The molecule has 92 valence electrons. The first kappa shape index (κ1) is 14.9. The zero-order valence-electron chi connectivity index (χ0n) is 10.4. The van der Waals surface area contributed by atoms with Crippen LogP contribution in [0.25, 0.3) is 0 Å². The Morgan fingerprint density at radius 1 is 1.27 bits per heavy atom. The van der Waals surface area contributed by atoms with Crippen LogP contribution in [0, 0.1) is 5.92 Å². The van der Waals surface area contributed by atoms with Crippen LogP contribution in [0.15, 0.2) is 0 Å². The largest absolute Gasteiger partial charge is 0.314 e. The summed E-state index contributed by atoms with van der Waals surface area (Å²) in [4.78, 5) is 0. The van der Waals surface area contributed by atoms with Gasteiger partial charge in [0.15, 0.2) is 0 Å². The molecule has 15 heavy (non-hydrogen) atoms. The summed E-state index contributed by atoms with van der Waals surface area (Å²) in [5.74, 6) is 0.875. The highest BCUT2D eigenvalue weighted by molar-refractivity contribution is 7.90. The molecule has 0 aliphatic carbocycles. The van der Waals surface area contributed by atoms with Crippen molar-refractivity contribution in [2.45, 2.75) is 46.1 Å². The van der Waals surface area contributed by atoms with Crippen LogP contribution in [0.3, 0.4) is 0 Å². The third-order valence-electron chi connectivity index (χ3n) is 2.49. The fourth-order valence-corrected chi connectivity index (χ4v) is 2.26. The van der Waals surface area contributed by atoms with E-state index in [1.807, 2.05) is 0 Å². The second-order valence-electron chi connectivity index (χ2n) is 4.58. The first-order valence-corrected chi connectivity index (χ1v) is 7.84. The normalized spacial score (nSPS) is 14.5. The van der Waals surface area contributed by atoms with Crippen molar-refractivity contribution in [2.75, 3.05) is 18.6 Å². The molecular formula is C11H25NO2S. The lowest BCUT2D eigenvalue weighted by molar-refractivity contribution is 0.375. The van der Waals surface area contributed by atoms with Crippen LogP contribution in [0.4, 0.5) is 0 Å². The maximum Gasteiger partial charge on any atom is 0.147 e. The monoisotopic (exact) mass is 235 g/mol. The Bertz CT molecular complexity index is 247. The fourth-order valence-electron chi connectivity index (χ4n) is 1.57. The molecule has 0 radical (unpaired) electrons. The zero-order chi connectivity index (χ0) is 11.9. The van der Waals surface area contributed by atoms with Gasteiger partial charge in [-0.3, -0.25) is 0 Å². The van der Waals surface area contributed by atoms with Gasteiger partial charge in [0, 0.05) is 18.1 Å². The van der Waals surface area contributed by atoms with Gasteiger partial charge in [0.2, 0.25) is 0 Å². The van der Waals surface area contributed by atoms with E-state index in [4.69, 9.17) is 0 Å². The van der Waals surface area contributed by atoms with Crippen molar-refractivity contribution >= 4 is 9.84 Å². The average Bonchev–Trinajstić information content (AvgIpc) is 2.08. The predicted molar refractivity (Wildman–Crippen MR) is 65.9 cm³/mol. The van der Waals surface area contributed by atoms with Gasteiger partial charge in [0.25, 0.3) is 0 Å². The minimum absolute atomic E-state index is 0.310. The number of hydrogen-bond donors (Lipinski definition) is 1. The molecule has 0 aliphatic rings. The molecule has 0 aromatic heterocycles. The minimum atomic E-state index is -2.79. The van der Waals surface area contributed by atoms with E-state index in [9.17, 15) is 8.42 Å². The summed E-state index contributed by atoms with van der Waals surface area (Å²) in [7, 11) is -2.79. The van der Waals surface area contributed by atoms with Gasteiger partial charge in [-0.25, -0.2) is 8.42 Å². The molecule has 0 spiro atoms. The van der Waals surface area contributed by atoms with Gasteiger partial charge in [-0.05, 0) is 31.7 Å². The molecular weight excluding hydrogens is 210 g/mol.